The van der Waals surface area contributed by atoms with E-state index in [0.717, 1.165) is 0 Å². The Labute approximate surface area is 179 Å². The molecule has 2 aliphatic heterocycles. The highest BCUT2D eigenvalue weighted by Gasteiger charge is 2.35. The van der Waals surface area contributed by atoms with Crippen LogP contribution in [0.1, 0.15) is 18.5 Å². The largest absolute Gasteiger partial charge is 0.466 e. The number of urea groups is 1. The van der Waals surface area contributed by atoms with E-state index < -0.39 is 18.0 Å². The van der Waals surface area contributed by atoms with Crippen LogP contribution in [0.25, 0.3) is 0 Å². The highest BCUT2D eigenvalue weighted by Crippen LogP contribution is 2.32. The molecule has 9 nitrogen and oxygen atoms in total. The molecule has 10 heteroatoms. The first-order chi connectivity index (χ1) is 14.4. The Morgan fingerprint density at radius 1 is 1.20 bits per heavy atom. The maximum atomic E-state index is 12.6. The van der Waals surface area contributed by atoms with Gasteiger partial charge in [0.2, 0.25) is 0 Å². The van der Waals surface area contributed by atoms with Gasteiger partial charge in [0.25, 0.3) is 0 Å². The predicted octanol–water partition coefficient (Wildman–Crippen LogP) is 1.90. The summed E-state index contributed by atoms with van der Waals surface area (Å²) in [5.41, 5.74) is 1.37. The molecule has 0 radical (unpaired) electrons. The SMILES string of the molecule is CCOC(=O)N1CCN(CC2=C(C(=O)OC)[C@@H](c3ccccc3Cl)NC(=O)N2)CC1. The molecule has 30 heavy (non-hydrogen) atoms. The Morgan fingerprint density at radius 2 is 1.90 bits per heavy atom. The van der Waals surface area contributed by atoms with E-state index in [0.29, 0.717) is 61.2 Å². The van der Waals surface area contributed by atoms with Crippen LogP contribution in [-0.4, -0.2) is 74.3 Å². The van der Waals surface area contributed by atoms with E-state index in [1.165, 1.54) is 7.11 Å². The summed E-state index contributed by atoms with van der Waals surface area (Å²) in [5.74, 6) is -0.549. The topological polar surface area (TPSA) is 100 Å². The normalized spacial score (nSPS) is 19.8. The standard InChI is InChI=1S/C20H25ClN4O5/c1-3-30-20(28)25-10-8-24(9-11-25)12-15-16(18(26)29-2)17(23-19(27)22-15)13-6-4-5-7-14(13)21/h4-7,17H,3,8-12H2,1-2H3,(H2,22,23,27)/t17-/m1/s1. The van der Waals surface area contributed by atoms with E-state index in [1.807, 2.05) is 0 Å². The minimum atomic E-state index is -0.726. The number of piperazine rings is 1. The lowest BCUT2D eigenvalue weighted by Crippen LogP contribution is -2.52. The molecule has 2 heterocycles. The second-order valence-electron chi connectivity index (χ2n) is 6.90. The molecule has 0 aromatic heterocycles. The Morgan fingerprint density at radius 3 is 2.53 bits per heavy atom. The Kier molecular flexibility index (Phi) is 7.17. The third-order valence-electron chi connectivity index (χ3n) is 5.06. The van der Waals surface area contributed by atoms with Crippen LogP contribution in [0.2, 0.25) is 5.02 Å². The molecule has 3 amide bonds. The van der Waals surface area contributed by atoms with Gasteiger partial charge >= 0.3 is 18.1 Å². The van der Waals surface area contributed by atoms with Crippen LogP contribution in [0.15, 0.2) is 35.5 Å². The van der Waals surface area contributed by atoms with E-state index in [4.69, 9.17) is 21.1 Å². The Balaban J connectivity index is 1.83. The summed E-state index contributed by atoms with van der Waals surface area (Å²) in [5, 5.41) is 5.94. The molecule has 2 aliphatic rings. The third kappa shape index (κ3) is 4.85. The fourth-order valence-corrected chi connectivity index (χ4v) is 3.81. The third-order valence-corrected chi connectivity index (χ3v) is 5.40. The van der Waals surface area contributed by atoms with E-state index in [-0.39, 0.29) is 6.09 Å². The van der Waals surface area contributed by atoms with Gasteiger partial charge in [-0.2, -0.15) is 0 Å². The molecule has 1 atom stereocenters. The molecule has 2 N–H and O–H groups in total. The summed E-state index contributed by atoms with van der Waals surface area (Å²) in [7, 11) is 1.30. The lowest BCUT2D eigenvalue weighted by atomic mass is 9.95. The van der Waals surface area contributed by atoms with Crippen LogP contribution in [0.4, 0.5) is 9.59 Å². The average molecular weight is 437 g/mol. The van der Waals surface area contributed by atoms with Crippen LogP contribution in [0, 0.1) is 0 Å². The minimum absolute atomic E-state index is 0.304. The molecule has 0 saturated carbocycles. The molecule has 1 saturated heterocycles. The zero-order chi connectivity index (χ0) is 21.7. The van der Waals surface area contributed by atoms with E-state index in [9.17, 15) is 14.4 Å². The van der Waals surface area contributed by atoms with Crippen molar-refractivity contribution in [3.63, 3.8) is 0 Å². The van der Waals surface area contributed by atoms with Crippen molar-refractivity contribution < 1.29 is 23.9 Å². The van der Waals surface area contributed by atoms with E-state index in [2.05, 4.69) is 15.5 Å². The second kappa shape index (κ2) is 9.82. The number of hydrogen-bond donors (Lipinski definition) is 2. The zero-order valence-electron chi connectivity index (χ0n) is 16.9. The van der Waals surface area contributed by atoms with Gasteiger partial charge in [0, 0.05) is 43.4 Å². The van der Waals surface area contributed by atoms with E-state index in [1.54, 1.807) is 36.1 Å². The summed E-state index contributed by atoms with van der Waals surface area (Å²) in [6, 6.07) is 5.88. The minimum Gasteiger partial charge on any atom is -0.466 e. The number of halogens is 1. The predicted molar refractivity (Wildman–Crippen MR) is 110 cm³/mol. The first-order valence-electron chi connectivity index (χ1n) is 9.72. The quantitative estimate of drug-likeness (QED) is 0.684. The van der Waals surface area contributed by atoms with Crippen molar-refractivity contribution in [1.29, 1.82) is 0 Å². The van der Waals surface area contributed by atoms with Crippen LogP contribution in [0.3, 0.4) is 0 Å². The Hall–Kier alpha value is -2.78. The van der Waals surface area contributed by atoms with Crippen LogP contribution in [-0.2, 0) is 14.3 Å². The van der Waals surface area contributed by atoms with Gasteiger partial charge in [-0.3, -0.25) is 4.90 Å². The van der Waals surface area contributed by atoms with Gasteiger partial charge in [-0.1, -0.05) is 29.8 Å². The highest BCUT2D eigenvalue weighted by molar-refractivity contribution is 6.31. The average Bonchev–Trinajstić information content (AvgIpc) is 2.74. The molecular weight excluding hydrogens is 412 g/mol. The summed E-state index contributed by atoms with van der Waals surface area (Å²) in [6.07, 6.45) is -0.333. The maximum Gasteiger partial charge on any atom is 0.409 e. The molecule has 1 aromatic carbocycles. The van der Waals surface area contributed by atoms with Crippen molar-refractivity contribution in [3.05, 3.63) is 46.1 Å². The first-order valence-corrected chi connectivity index (χ1v) is 10.1. The lowest BCUT2D eigenvalue weighted by molar-refractivity contribution is -0.136. The monoisotopic (exact) mass is 436 g/mol. The summed E-state index contributed by atoms with van der Waals surface area (Å²) in [6.45, 7) is 4.59. The molecule has 3 rings (SSSR count). The Bertz CT molecular complexity index is 851. The van der Waals surface area contributed by atoms with Gasteiger partial charge in [0.15, 0.2) is 0 Å². The summed E-state index contributed by atoms with van der Waals surface area (Å²) >= 11 is 6.32. The van der Waals surface area contributed by atoms with Gasteiger partial charge in [-0.15, -0.1) is 0 Å². The molecular formula is C20H25ClN4O5. The fourth-order valence-electron chi connectivity index (χ4n) is 3.56. The number of rotatable bonds is 5. The van der Waals surface area contributed by atoms with Crippen molar-refractivity contribution in [1.82, 2.24) is 20.4 Å². The molecule has 0 spiro atoms. The number of carbonyl (C=O) groups is 3. The molecule has 0 bridgehead atoms. The number of nitrogens with one attached hydrogen (secondary N) is 2. The van der Waals surface area contributed by atoms with Crippen molar-refractivity contribution in [2.75, 3.05) is 46.4 Å². The maximum absolute atomic E-state index is 12.6. The highest BCUT2D eigenvalue weighted by atomic mass is 35.5. The van der Waals surface area contributed by atoms with Crippen LogP contribution in [0.5, 0.6) is 0 Å². The van der Waals surface area contributed by atoms with Gasteiger partial charge in [-0.05, 0) is 18.6 Å². The molecule has 1 aromatic rings. The van der Waals surface area contributed by atoms with Crippen LogP contribution < -0.4 is 10.6 Å². The number of carbonyl (C=O) groups excluding carboxylic acids is 3. The van der Waals surface area contributed by atoms with Crippen molar-refractivity contribution in [3.8, 4) is 0 Å². The van der Waals surface area contributed by atoms with Gasteiger partial charge in [0.1, 0.15) is 0 Å². The number of amides is 3. The van der Waals surface area contributed by atoms with Gasteiger partial charge in [0.05, 0.1) is 25.3 Å². The second-order valence-corrected chi connectivity index (χ2v) is 7.31. The summed E-state index contributed by atoms with van der Waals surface area (Å²) in [4.78, 5) is 40.6. The van der Waals surface area contributed by atoms with E-state index >= 15 is 0 Å². The number of methoxy groups -OCH3 is 1. The van der Waals surface area contributed by atoms with Crippen LogP contribution >= 0.6 is 11.6 Å². The fraction of sp³-hybridized carbons (Fsp3) is 0.450. The molecule has 0 unspecified atom stereocenters. The number of esters is 1. The van der Waals surface area contributed by atoms with Crippen molar-refractivity contribution in [2.45, 2.75) is 13.0 Å². The van der Waals surface area contributed by atoms with Crippen molar-refractivity contribution in [2.24, 2.45) is 0 Å². The number of hydrogen-bond acceptors (Lipinski definition) is 6. The number of benzene rings is 1. The molecule has 0 aliphatic carbocycles. The van der Waals surface area contributed by atoms with Crippen molar-refractivity contribution >= 4 is 29.7 Å². The van der Waals surface area contributed by atoms with Gasteiger partial charge < -0.3 is 25.0 Å². The first kappa shape index (κ1) is 21.9. The number of ether oxygens (including phenoxy) is 2. The number of nitrogens with zero attached hydrogens (tertiary/aromatic N) is 2. The lowest BCUT2D eigenvalue weighted by Gasteiger charge is -2.36. The molecule has 1 fully saturated rings. The summed E-state index contributed by atoms with van der Waals surface area (Å²) < 4.78 is 10.0. The smallest absolute Gasteiger partial charge is 0.409 e. The van der Waals surface area contributed by atoms with Gasteiger partial charge in [-0.25, -0.2) is 14.4 Å². The molecule has 162 valence electrons. The zero-order valence-corrected chi connectivity index (χ0v) is 17.7.